The summed E-state index contributed by atoms with van der Waals surface area (Å²) in [5.41, 5.74) is 7.60. The van der Waals surface area contributed by atoms with Crippen molar-refractivity contribution in [1.29, 1.82) is 0 Å². The predicted molar refractivity (Wildman–Crippen MR) is 79.4 cm³/mol. The van der Waals surface area contributed by atoms with E-state index in [-0.39, 0.29) is 6.04 Å². The lowest BCUT2D eigenvalue weighted by Gasteiger charge is -2.28. The Balaban J connectivity index is 1.89. The minimum atomic E-state index is 0.159. The molecule has 3 heteroatoms. The van der Waals surface area contributed by atoms with Crippen LogP contribution in [0.2, 0.25) is 0 Å². The van der Waals surface area contributed by atoms with Crippen LogP contribution < -0.4 is 15.8 Å². The molecular weight excluding hydrogens is 236 g/mol. The Kier molecular flexibility index (Phi) is 5.67. The van der Waals surface area contributed by atoms with Crippen molar-refractivity contribution in [2.45, 2.75) is 38.6 Å². The first-order valence-corrected chi connectivity index (χ1v) is 7.50. The highest BCUT2D eigenvalue weighted by Gasteiger charge is 2.21. The summed E-state index contributed by atoms with van der Waals surface area (Å²) in [4.78, 5) is 0. The first kappa shape index (κ1) is 14.4. The quantitative estimate of drug-likeness (QED) is 0.775. The van der Waals surface area contributed by atoms with Crippen LogP contribution in [0.5, 0.6) is 5.75 Å². The molecule has 3 N–H and O–H groups in total. The molecule has 1 unspecified atom stereocenters. The van der Waals surface area contributed by atoms with Gasteiger partial charge in [0.1, 0.15) is 5.75 Å². The standard InChI is InChI=1S/C16H26N2O/c1-2-3-12-19-15-6-4-13(5-7-15)16(17)14-8-10-18-11-9-14/h4-7,14,16,18H,2-3,8-12,17H2,1H3. The fourth-order valence-corrected chi connectivity index (χ4v) is 2.60. The normalized spacial score (nSPS) is 18.2. The Hall–Kier alpha value is -1.06. The molecule has 0 aliphatic carbocycles. The maximum Gasteiger partial charge on any atom is 0.119 e. The average Bonchev–Trinajstić information content (AvgIpc) is 2.48. The van der Waals surface area contributed by atoms with Crippen molar-refractivity contribution >= 4 is 0 Å². The Bertz CT molecular complexity index is 358. The van der Waals surface area contributed by atoms with Crippen molar-refractivity contribution in [1.82, 2.24) is 5.32 Å². The van der Waals surface area contributed by atoms with E-state index < -0.39 is 0 Å². The van der Waals surface area contributed by atoms with Crippen LogP contribution in [-0.4, -0.2) is 19.7 Å². The molecule has 106 valence electrons. The zero-order valence-corrected chi connectivity index (χ0v) is 11.9. The van der Waals surface area contributed by atoms with E-state index in [0.717, 1.165) is 31.9 Å². The van der Waals surface area contributed by atoms with Crippen molar-refractivity contribution in [2.75, 3.05) is 19.7 Å². The first-order chi connectivity index (χ1) is 9.31. The van der Waals surface area contributed by atoms with Gasteiger partial charge >= 0.3 is 0 Å². The van der Waals surface area contributed by atoms with Crippen LogP contribution in [0.4, 0.5) is 0 Å². The number of benzene rings is 1. The van der Waals surface area contributed by atoms with E-state index in [4.69, 9.17) is 10.5 Å². The molecule has 0 bridgehead atoms. The number of ether oxygens (including phenoxy) is 1. The van der Waals surface area contributed by atoms with Crippen LogP contribution >= 0.6 is 0 Å². The summed E-state index contributed by atoms with van der Waals surface area (Å²) in [5, 5.41) is 3.38. The maximum absolute atomic E-state index is 6.37. The number of hydrogen-bond donors (Lipinski definition) is 2. The molecule has 0 radical (unpaired) electrons. The zero-order valence-electron chi connectivity index (χ0n) is 11.9. The summed E-state index contributed by atoms with van der Waals surface area (Å²) < 4.78 is 5.68. The van der Waals surface area contributed by atoms with E-state index in [9.17, 15) is 0 Å². The lowest BCUT2D eigenvalue weighted by Crippen LogP contribution is -2.33. The van der Waals surface area contributed by atoms with E-state index in [1.807, 2.05) is 12.1 Å². The zero-order chi connectivity index (χ0) is 13.5. The minimum Gasteiger partial charge on any atom is -0.494 e. The van der Waals surface area contributed by atoms with Gasteiger partial charge in [-0.3, -0.25) is 0 Å². The Morgan fingerprint density at radius 1 is 1.26 bits per heavy atom. The van der Waals surface area contributed by atoms with Gasteiger partial charge in [-0.2, -0.15) is 0 Å². The summed E-state index contributed by atoms with van der Waals surface area (Å²) in [6.45, 7) is 5.16. The fourth-order valence-electron chi connectivity index (χ4n) is 2.60. The third kappa shape index (κ3) is 4.22. The van der Waals surface area contributed by atoms with Gasteiger partial charge in [-0.15, -0.1) is 0 Å². The SMILES string of the molecule is CCCCOc1ccc(C(N)C2CCNCC2)cc1. The van der Waals surface area contributed by atoms with Gasteiger partial charge in [-0.05, 0) is 56.0 Å². The minimum absolute atomic E-state index is 0.159. The third-order valence-corrected chi connectivity index (χ3v) is 3.92. The molecule has 1 aliphatic rings. The highest BCUT2D eigenvalue weighted by molar-refractivity contribution is 5.29. The summed E-state index contributed by atoms with van der Waals surface area (Å²) >= 11 is 0. The molecule has 0 saturated carbocycles. The number of nitrogens with two attached hydrogens (primary N) is 1. The van der Waals surface area contributed by atoms with Crippen molar-refractivity contribution < 1.29 is 4.74 Å². The highest BCUT2D eigenvalue weighted by Crippen LogP contribution is 2.27. The molecular formula is C16H26N2O. The Morgan fingerprint density at radius 3 is 2.58 bits per heavy atom. The van der Waals surface area contributed by atoms with Crippen LogP contribution in [0.1, 0.15) is 44.2 Å². The Morgan fingerprint density at radius 2 is 1.95 bits per heavy atom. The second-order valence-electron chi connectivity index (χ2n) is 5.38. The molecule has 2 rings (SSSR count). The van der Waals surface area contributed by atoms with Crippen molar-refractivity contribution in [3.8, 4) is 5.75 Å². The van der Waals surface area contributed by atoms with Crippen molar-refractivity contribution in [3.63, 3.8) is 0 Å². The van der Waals surface area contributed by atoms with Gasteiger partial charge in [-0.25, -0.2) is 0 Å². The summed E-state index contributed by atoms with van der Waals surface area (Å²) in [6.07, 6.45) is 4.63. The summed E-state index contributed by atoms with van der Waals surface area (Å²) in [7, 11) is 0. The molecule has 19 heavy (non-hydrogen) atoms. The highest BCUT2D eigenvalue weighted by atomic mass is 16.5. The van der Waals surface area contributed by atoms with Gasteiger partial charge in [-0.1, -0.05) is 25.5 Å². The van der Waals surface area contributed by atoms with Gasteiger partial charge in [0.15, 0.2) is 0 Å². The predicted octanol–water partition coefficient (Wildman–Crippen LogP) is 2.86. The van der Waals surface area contributed by atoms with Gasteiger partial charge in [0.05, 0.1) is 6.61 Å². The number of piperidine rings is 1. The second-order valence-corrected chi connectivity index (χ2v) is 5.38. The van der Waals surface area contributed by atoms with Gasteiger partial charge in [0.2, 0.25) is 0 Å². The molecule has 1 atom stereocenters. The molecule has 1 heterocycles. The smallest absolute Gasteiger partial charge is 0.119 e. The van der Waals surface area contributed by atoms with E-state index >= 15 is 0 Å². The summed E-state index contributed by atoms with van der Waals surface area (Å²) in [5.74, 6) is 1.56. The van der Waals surface area contributed by atoms with Gasteiger partial charge < -0.3 is 15.8 Å². The largest absolute Gasteiger partial charge is 0.494 e. The lowest BCUT2D eigenvalue weighted by atomic mass is 9.86. The number of hydrogen-bond acceptors (Lipinski definition) is 3. The van der Waals surface area contributed by atoms with Crippen LogP contribution in [0.3, 0.4) is 0 Å². The van der Waals surface area contributed by atoms with Gasteiger partial charge in [0.25, 0.3) is 0 Å². The van der Waals surface area contributed by atoms with Crippen LogP contribution in [-0.2, 0) is 0 Å². The monoisotopic (exact) mass is 262 g/mol. The van der Waals surface area contributed by atoms with Gasteiger partial charge in [0, 0.05) is 6.04 Å². The average molecular weight is 262 g/mol. The first-order valence-electron chi connectivity index (χ1n) is 7.50. The topological polar surface area (TPSA) is 47.3 Å². The van der Waals surface area contributed by atoms with Crippen LogP contribution in [0, 0.1) is 5.92 Å². The molecule has 0 aromatic heterocycles. The van der Waals surface area contributed by atoms with E-state index in [0.29, 0.717) is 5.92 Å². The molecule has 0 spiro atoms. The Labute approximate surface area is 116 Å². The van der Waals surface area contributed by atoms with Crippen molar-refractivity contribution in [3.05, 3.63) is 29.8 Å². The third-order valence-electron chi connectivity index (χ3n) is 3.92. The molecule has 3 nitrogen and oxygen atoms in total. The van der Waals surface area contributed by atoms with Crippen LogP contribution in [0.25, 0.3) is 0 Å². The molecule has 1 aliphatic heterocycles. The van der Waals surface area contributed by atoms with Crippen LogP contribution in [0.15, 0.2) is 24.3 Å². The lowest BCUT2D eigenvalue weighted by molar-refractivity contribution is 0.308. The molecule has 0 amide bonds. The maximum atomic E-state index is 6.37. The van der Waals surface area contributed by atoms with E-state index in [1.54, 1.807) is 0 Å². The molecule has 1 saturated heterocycles. The molecule has 1 fully saturated rings. The second kappa shape index (κ2) is 7.51. The number of unbranched alkanes of at least 4 members (excludes halogenated alkanes) is 1. The number of rotatable bonds is 6. The van der Waals surface area contributed by atoms with Crippen molar-refractivity contribution in [2.24, 2.45) is 11.7 Å². The van der Waals surface area contributed by atoms with E-state index in [1.165, 1.54) is 24.8 Å². The number of nitrogens with one attached hydrogen (secondary N) is 1. The molecule has 1 aromatic rings. The van der Waals surface area contributed by atoms with E-state index in [2.05, 4.69) is 24.4 Å². The fraction of sp³-hybridized carbons (Fsp3) is 0.625. The molecule has 1 aromatic carbocycles. The summed E-state index contributed by atoms with van der Waals surface area (Å²) in [6, 6.07) is 8.49.